The molecule has 7 nitrogen and oxygen atoms in total. The fourth-order valence-electron chi connectivity index (χ4n) is 5.34. The maximum atomic E-state index is 12.5. The molecule has 3 aromatic rings. The van der Waals surface area contributed by atoms with Crippen molar-refractivity contribution in [3.05, 3.63) is 51.9 Å². The van der Waals surface area contributed by atoms with Gasteiger partial charge in [0.2, 0.25) is 0 Å². The summed E-state index contributed by atoms with van der Waals surface area (Å²) in [7, 11) is 0. The Bertz CT molecular complexity index is 1270. The molecule has 1 aromatic carbocycles. The number of hydrogen-bond acceptors (Lipinski definition) is 5. The highest BCUT2D eigenvalue weighted by Gasteiger charge is 2.30. The summed E-state index contributed by atoms with van der Waals surface area (Å²) in [4.78, 5) is 32.4. The predicted octanol–water partition coefficient (Wildman–Crippen LogP) is 5.04. The number of fused-ring (bicyclic) bond motifs is 1. The van der Waals surface area contributed by atoms with Crippen LogP contribution in [0, 0.1) is 24.7 Å². The second kappa shape index (κ2) is 11.0. The van der Waals surface area contributed by atoms with E-state index in [9.17, 15) is 9.59 Å². The number of H-pyrrole nitrogens is 1. The van der Waals surface area contributed by atoms with Crippen LogP contribution >= 0.6 is 0 Å². The molecule has 1 aliphatic heterocycles. The smallest absolute Gasteiger partial charge is 0.308 e. The number of esters is 1. The van der Waals surface area contributed by atoms with E-state index in [1.807, 2.05) is 19.9 Å². The molecular weight excluding hydrogens is 454 g/mol. The SMILES string of the molecule is CCOC(=O)[C@@H](CCc1ccc2c(c1)nc(-c1c[nH]c(=O)c(C)c1)n2CC1CCOCC1)CC1CC1. The summed E-state index contributed by atoms with van der Waals surface area (Å²) in [6.45, 7) is 6.61. The van der Waals surface area contributed by atoms with Crippen LogP contribution in [0.15, 0.2) is 35.3 Å². The Morgan fingerprint density at radius 3 is 2.72 bits per heavy atom. The summed E-state index contributed by atoms with van der Waals surface area (Å²) < 4.78 is 13.2. The lowest BCUT2D eigenvalue weighted by Gasteiger charge is -2.23. The van der Waals surface area contributed by atoms with Crippen LogP contribution in [0.25, 0.3) is 22.4 Å². The predicted molar refractivity (Wildman–Crippen MR) is 140 cm³/mol. The Morgan fingerprint density at radius 2 is 2.00 bits per heavy atom. The summed E-state index contributed by atoms with van der Waals surface area (Å²) in [5.74, 6) is 2.02. The standard InChI is InChI=1S/C29H37N3O4/c1-3-36-29(34)23(15-20-4-5-20)8-6-21-7-9-26-25(16-21)31-27(24-14-19(2)28(33)30-17-24)32(26)18-22-10-12-35-13-11-22/h7,9,14,16-17,20,22-23H,3-6,8,10-13,15,18H2,1-2H3,(H,30,33)/t23-/m0/s1. The number of ether oxygens (including phenoxy) is 2. The van der Waals surface area contributed by atoms with Crippen LogP contribution in [0.3, 0.4) is 0 Å². The quantitative estimate of drug-likeness (QED) is 0.402. The Balaban J connectivity index is 1.43. The van der Waals surface area contributed by atoms with Gasteiger partial charge in [0.1, 0.15) is 5.82 Å². The summed E-state index contributed by atoms with van der Waals surface area (Å²) in [5.41, 5.74) is 4.77. The number of nitrogens with one attached hydrogen (secondary N) is 1. The van der Waals surface area contributed by atoms with Gasteiger partial charge in [0, 0.05) is 37.1 Å². The van der Waals surface area contributed by atoms with E-state index in [2.05, 4.69) is 27.8 Å². The summed E-state index contributed by atoms with van der Waals surface area (Å²) in [6, 6.07) is 8.42. The normalized spacial score (nSPS) is 17.4. The molecular formula is C29H37N3O4. The number of carbonyl (C=O) groups excluding carboxylic acids is 1. The average molecular weight is 492 g/mol. The topological polar surface area (TPSA) is 86.2 Å². The lowest BCUT2D eigenvalue weighted by Crippen LogP contribution is -2.21. The van der Waals surface area contributed by atoms with Crippen molar-refractivity contribution in [2.24, 2.45) is 17.8 Å². The van der Waals surface area contributed by atoms with Gasteiger partial charge in [0.25, 0.3) is 5.56 Å². The van der Waals surface area contributed by atoms with E-state index in [4.69, 9.17) is 14.5 Å². The first kappa shape index (κ1) is 24.8. The highest BCUT2D eigenvalue weighted by atomic mass is 16.5. The van der Waals surface area contributed by atoms with Crippen LogP contribution in [0.1, 0.15) is 56.6 Å². The molecule has 0 unspecified atom stereocenters. The first-order chi connectivity index (χ1) is 17.5. The number of hydrogen-bond donors (Lipinski definition) is 1. The maximum absolute atomic E-state index is 12.5. The highest BCUT2D eigenvalue weighted by Crippen LogP contribution is 2.37. The molecule has 0 amide bonds. The first-order valence-corrected chi connectivity index (χ1v) is 13.4. The first-order valence-electron chi connectivity index (χ1n) is 13.4. The van der Waals surface area contributed by atoms with Crippen LogP contribution in [0.2, 0.25) is 0 Å². The molecule has 0 bridgehead atoms. The second-order valence-corrected chi connectivity index (χ2v) is 10.5. The van der Waals surface area contributed by atoms with Crippen molar-refractivity contribution in [3.8, 4) is 11.4 Å². The third-order valence-electron chi connectivity index (χ3n) is 7.66. The molecule has 1 saturated carbocycles. The molecule has 1 N–H and O–H groups in total. The molecule has 2 aliphatic rings. The number of aromatic amines is 1. The molecule has 3 heterocycles. The van der Waals surface area contributed by atoms with Gasteiger partial charge >= 0.3 is 5.97 Å². The zero-order chi connectivity index (χ0) is 25.1. The monoisotopic (exact) mass is 491 g/mol. The molecule has 7 heteroatoms. The third kappa shape index (κ3) is 5.72. The van der Waals surface area contributed by atoms with Crippen molar-refractivity contribution < 1.29 is 14.3 Å². The van der Waals surface area contributed by atoms with E-state index >= 15 is 0 Å². The number of imidazole rings is 1. The van der Waals surface area contributed by atoms with Gasteiger partial charge in [-0.25, -0.2) is 4.98 Å². The lowest BCUT2D eigenvalue weighted by atomic mass is 9.94. The Kier molecular flexibility index (Phi) is 7.56. The fraction of sp³-hybridized carbons (Fsp3) is 0.552. The van der Waals surface area contributed by atoms with Gasteiger partial charge in [0.05, 0.1) is 23.6 Å². The van der Waals surface area contributed by atoms with Gasteiger partial charge in [-0.2, -0.15) is 0 Å². The molecule has 0 spiro atoms. The van der Waals surface area contributed by atoms with Crippen LogP contribution < -0.4 is 5.56 Å². The van der Waals surface area contributed by atoms with Gasteiger partial charge < -0.3 is 19.0 Å². The molecule has 1 atom stereocenters. The van der Waals surface area contributed by atoms with E-state index in [-0.39, 0.29) is 17.4 Å². The second-order valence-electron chi connectivity index (χ2n) is 10.5. The van der Waals surface area contributed by atoms with E-state index in [1.165, 1.54) is 18.4 Å². The van der Waals surface area contributed by atoms with E-state index in [1.54, 1.807) is 6.20 Å². The van der Waals surface area contributed by atoms with Crippen molar-refractivity contribution in [3.63, 3.8) is 0 Å². The molecule has 192 valence electrons. The zero-order valence-corrected chi connectivity index (χ0v) is 21.4. The number of carbonyl (C=O) groups is 1. The minimum Gasteiger partial charge on any atom is -0.466 e. The molecule has 36 heavy (non-hydrogen) atoms. The van der Waals surface area contributed by atoms with Crippen LogP contribution in [-0.4, -0.2) is 40.3 Å². The minimum atomic E-state index is -0.0736. The van der Waals surface area contributed by atoms with Crippen molar-refractivity contribution in [1.29, 1.82) is 0 Å². The number of aromatic nitrogens is 3. The third-order valence-corrected chi connectivity index (χ3v) is 7.66. The Morgan fingerprint density at radius 1 is 1.19 bits per heavy atom. The van der Waals surface area contributed by atoms with Crippen molar-refractivity contribution in [2.75, 3.05) is 19.8 Å². The van der Waals surface area contributed by atoms with Gasteiger partial charge in [-0.05, 0) is 81.5 Å². The Hall–Kier alpha value is -2.93. The lowest BCUT2D eigenvalue weighted by molar-refractivity contribution is -0.148. The molecule has 1 saturated heterocycles. The van der Waals surface area contributed by atoms with Crippen molar-refractivity contribution in [1.82, 2.24) is 14.5 Å². The zero-order valence-electron chi connectivity index (χ0n) is 21.4. The van der Waals surface area contributed by atoms with Crippen LogP contribution in [-0.2, 0) is 27.2 Å². The van der Waals surface area contributed by atoms with E-state index < -0.39 is 0 Å². The molecule has 2 fully saturated rings. The molecule has 5 rings (SSSR count). The van der Waals surface area contributed by atoms with Crippen molar-refractivity contribution >= 4 is 17.0 Å². The number of benzene rings is 1. The number of aryl methyl sites for hydroxylation is 2. The fourth-order valence-corrected chi connectivity index (χ4v) is 5.34. The van der Waals surface area contributed by atoms with Crippen LogP contribution in [0.4, 0.5) is 0 Å². The summed E-state index contributed by atoms with van der Waals surface area (Å²) >= 11 is 0. The maximum Gasteiger partial charge on any atom is 0.308 e. The Labute approximate surface area is 212 Å². The van der Waals surface area contributed by atoms with Gasteiger partial charge in [-0.15, -0.1) is 0 Å². The van der Waals surface area contributed by atoms with E-state index in [0.717, 1.165) is 74.3 Å². The number of pyridine rings is 1. The molecule has 1 aliphatic carbocycles. The summed E-state index contributed by atoms with van der Waals surface area (Å²) in [5, 5.41) is 0. The molecule has 2 aromatic heterocycles. The number of rotatable bonds is 10. The number of nitrogens with zero attached hydrogens (tertiary/aromatic N) is 2. The minimum absolute atomic E-state index is 0.0288. The van der Waals surface area contributed by atoms with Gasteiger partial charge in [0.15, 0.2) is 0 Å². The van der Waals surface area contributed by atoms with Crippen molar-refractivity contribution in [2.45, 2.75) is 65.3 Å². The van der Waals surface area contributed by atoms with E-state index in [0.29, 0.717) is 24.0 Å². The average Bonchev–Trinajstić information content (AvgIpc) is 3.64. The van der Waals surface area contributed by atoms with Gasteiger partial charge in [-0.3, -0.25) is 9.59 Å². The van der Waals surface area contributed by atoms with Gasteiger partial charge in [-0.1, -0.05) is 18.9 Å². The van der Waals surface area contributed by atoms with Crippen LogP contribution in [0.5, 0.6) is 0 Å². The highest BCUT2D eigenvalue weighted by molar-refractivity contribution is 5.81. The summed E-state index contributed by atoms with van der Waals surface area (Å²) in [6.07, 6.45) is 8.88. The molecule has 0 radical (unpaired) electrons. The largest absolute Gasteiger partial charge is 0.466 e.